The molecule has 0 aromatic carbocycles. The highest BCUT2D eigenvalue weighted by molar-refractivity contribution is 6.30. The van der Waals surface area contributed by atoms with Gasteiger partial charge in [0.05, 0.1) is 6.20 Å². The zero-order valence-corrected chi connectivity index (χ0v) is 6.16. The molecular weight excluding hydrogens is 136 g/mol. The third-order valence-electron chi connectivity index (χ3n) is 1.14. The van der Waals surface area contributed by atoms with E-state index in [1.54, 1.807) is 0 Å². The van der Waals surface area contributed by atoms with Crippen LogP contribution in [0.5, 0.6) is 0 Å². The van der Waals surface area contributed by atoms with Crippen molar-refractivity contribution in [1.29, 1.82) is 0 Å². The molecule has 0 amide bonds. The lowest BCUT2D eigenvalue weighted by Crippen LogP contribution is -1.83. The number of nitrogens with one attached hydrogen (secondary N) is 1. The van der Waals surface area contributed by atoms with Gasteiger partial charge in [-0.1, -0.05) is 25.4 Å². The highest BCUT2D eigenvalue weighted by Crippen LogP contribution is 2.19. The van der Waals surface area contributed by atoms with Gasteiger partial charge in [0.25, 0.3) is 0 Å². The Kier molecular flexibility index (Phi) is 1.76. The summed E-state index contributed by atoms with van der Waals surface area (Å²) in [5, 5.41) is 6.83. The summed E-state index contributed by atoms with van der Waals surface area (Å²) in [6.45, 7) is 4.10. The summed E-state index contributed by atoms with van der Waals surface area (Å²) in [6, 6.07) is 0. The Morgan fingerprint density at radius 3 is 2.56 bits per heavy atom. The molecule has 0 unspecified atom stereocenters. The molecular formula is C6H8ClN2. The van der Waals surface area contributed by atoms with Gasteiger partial charge in [0.15, 0.2) is 5.15 Å². The van der Waals surface area contributed by atoms with Crippen LogP contribution in [0.25, 0.3) is 0 Å². The molecule has 1 aromatic rings. The van der Waals surface area contributed by atoms with Crippen molar-refractivity contribution < 1.29 is 0 Å². The highest BCUT2D eigenvalue weighted by atomic mass is 35.5. The predicted octanol–water partition coefficient (Wildman–Crippen LogP) is 1.99. The molecule has 1 radical (unpaired) electrons. The number of aromatic nitrogens is 2. The zero-order chi connectivity index (χ0) is 6.85. The summed E-state index contributed by atoms with van der Waals surface area (Å²) >= 11 is 5.66. The lowest BCUT2D eigenvalue weighted by Gasteiger charge is -1.96. The normalized spacial score (nSPS) is 10.7. The van der Waals surface area contributed by atoms with Gasteiger partial charge >= 0.3 is 0 Å². The van der Waals surface area contributed by atoms with E-state index in [9.17, 15) is 0 Å². The number of aromatic amines is 1. The maximum Gasteiger partial charge on any atom is 0.154 e. The summed E-state index contributed by atoms with van der Waals surface area (Å²) in [4.78, 5) is 0. The minimum atomic E-state index is 0.399. The van der Waals surface area contributed by atoms with Crippen LogP contribution in [0, 0.1) is 6.20 Å². The zero-order valence-electron chi connectivity index (χ0n) is 5.40. The second kappa shape index (κ2) is 2.40. The molecule has 49 valence electrons. The molecule has 0 atom stereocenters. The molecule has 0 bridgehead atoms. The van der Waals surface area contributed by atoms with E-state index in [1.807, 2.05) is 13.8 Å². The standard InChI is InChI=1S/C6H8ClN2/c1-4(2)5-3-8-9-6(5)7/h4H,1-2H3,(H,8,9). The van der Waals surface area contributed by atoms with Gasteiger partial charge in [-0.05, 0) is 5.92 Å². The maximum atomic E-state index is 5.66. The molecule has 0 aliphatic carbocycles. The average Bonchev–Trinajstić information content (AvgIpc) is 2.13. The second-order valence-corrected chi connectivity index (χ2v) is 2.57. The van der Waals surface area contributed by atoms with Crippen molar-refractivity contribution in [3.05, 3.63) is 16.9 Å². The Morgan fingerprint density at radius 2 is 2.33 bits per heavy atom. The summed E-state index contributed by atoms with van der Waals surface area (Å²) in [5.41, 5.74) is 0.955. The van der Waals surface area contributed by atoms with Crippen LogP contribution < -0.4 is 0 Å². The molecule has 0 fully saturated rings. The minimum absolute atomic E-state index is 0.399. The van der Waals surface area contributed by atoms with Crippen LogP contribution >= 0.6 is 11.6 Å². The SMILES string of the molecule is CC(C)c1[c][nH]nc1Cl. The number of halogens is 1. The van der Waals surface area contributed by atoms with Crippen molar-refractivity contribution in [3.63, 3.8) is 0 Å². The van der Waals surface area contributed by atoms with Crippen molar-refractivity contribution in [1.82, 2.24) is 10.2 Å². The van der Waals surface area contributed by atoms with Crippen molar-refractivity contribution in [3.8, 4) is 0 Å². The van der Waals surface area contributed by atoms with E-state index in [0.29, 0.717) is 11.1 Å². The summed E-state index contributed by atoms with van der Waals surface area (Å²) in [5.74, 6) is 0.399. The largest absolute Gasteiger partial charge is 0.274 e. The van der Waals surface area contributed by atoms with Gasteiger partial charge in [-0.15, -0.1) is 0 Å². The van der Waals surface area contributed by atoms with Gasteiger partial charge in [-0.25, -0.2) is 0 Å². The molecule has 1 heterocycles. The molecule has 0 spiro atoms. The molecule has 9 heavy (non-hydrogen) atoms. The molecule has 0 saturated heterocycles. The molecule has 3 heteroatoms. The van der Waals surface area contributed by atoms with Crippen LogP contribution in [0.15, 0.2) is 0 Å². The average molecular weight is 144 g/mol. The Bertz CT molecular complexity index is 193. The third kappa shape index (κ3) is 1.24. The van der Waals surface area contributed by atoms with Crippen LogP contribution in [0.4, 0.5) is 0 Å². The van der Waals surface area contributed by atoms with E-state index >= 15 is 0 Å². The Hall–Kier alpha value is -0.500. The fraction of sp³-hybridized carbons (Fsp3) is 0.500. The van der Waals surface area contributed by atoms with Gasteiger partial charge in [-0.3, -0.25) is 5.10 Å². The van der Waals surface area contributed by atoms with Crippen molar-refractivity contribution >= 4 is 11.6 Å². The first-order valence-electron chi connectivity index (χ1n) is 2.83. The smallest absolute Gasteiger partial charge is 0.154 e. The fourth-order valence-corrected chi connectivity index (χ4v) is 0.939. The first kappa shape index (κ1) is 6.62. The highest BCUT2D eigenvalue weighted by Gasteiger charge is 2.05. The topological polar surface area (TPSA) is 28.7 Å². The van der Waals surface area contributed by atoms with E-state index in [1.165, 1.54) is 0 Å². The van der Waals surface area contributed by atoms with Crippen molar-refractivity contribution in [2.24, 2.45) is 0 Å². The number of hydrogen-bond acceptors (Lipinski definition) is 1. The number of H-pyrrole nitrogens is 1. The molecule has 1 N–H and O–H groups in total. The maximum absolute atomic E-state index is 5.66. The van der Waals surface area contributed by atoms with Crippen LogP contribution in [0.1, 0.15) is 25.3 Å². The van der Waals surface area contributed by atoms with Crippen molar-refractivity contribution in [2.75, 3.05) is 0 Å². The number of nitrogens with zero attached hydrogens (tertiary/aromatic N) is 1. The van der Waals surface area contributed by atoms with Gasteiger partial charge in [-0.2, -0.15) is 5.10 Å². The van der Waals surface area contributed by atoms with Gasteiger partial charge in [0.1, 0.15) is 0 Å². The first-order chi connectivity index (χ1) is 4.22. The molecule has 0 aliphatic heterocycles. The molecule has 1 rings (SSSR count). The van der Waals surface area contributed by atoms with E-state index in [-0.39, 0.29) is 0 Å². The third-order valence-corrected chi connectivity index (χ3v) is 1.43. The lowest BCUT2D eigenvalue weighted by molar-refractivity contribution is 0.866. The molecule has 2 nitrogen and oxygen atoms in total. The van der Waals surface area contributed by atoms with E-state index in [4.69, 9.17) is 11.6 Å². The molecule has 1 aromatic heterocycles. The fourth-order valence-electron chi connectivity index (χ4n) is 0.632. The Labute approximate surface area is 59.2 Å². The summed E-state index contributed by atoms with van der Waals surface area (Å²) < 4.78 is 0. The van der Waals surface area contributed by atoms with Crippen LogP contribution in [0.3, 0.4) is 0 Å². The van der Waals surface area contributed by atoms with Gasteiger partial charge < -0.3 is 0 Å². The van der Waals surface area contributed by atoms with Crippen LogP contribution in [0.2, 0.25) is 5.15 Å². The predicted molar refractivity (Wildman–Crippen MR) is 36.5 cm³/mol. The molecule has 0 saturated carbocycles. The number of hydrogen-bond donors (Lipinski definition) is 1. The van der Waals surface area contributed by atoms with E-state index in [2.05, 4.69) is 16.4 Å². The Balaban J connectivity index is 2.94. The van der Waals surface area contributed by atoms with Crippen LogP contribution in [-0.2, 0) is 0 Å². The number of rotatable bonds is 1. The minimum Gasteiger partial charge on any atom is -0.274 e. The second-order valence-electron chi connectivity index (χ2n) is 2.21. The lowest BCUT2D eigenvalue weighted by atomic mass is 10.1. The Morgan fingerprint density at radius 1 is 1.67 bits per heavy atom. The van der Waals surface area contributed by atoms with E-state index < -0.39 is 0 Å². The summed E-state index contributed by atoms with van der Waals surface area (Å²) in [7, 11) is 0. The van der Waals surface area contributed by atoms with Gasteiger partial charge in [0.2, 0.25) is 0 Å². The monoisotopic (exact) mass is 143 g/mol. The summed E-state index contributed by atoms with van der Waals surface area (Å²) in [6.07, 6.45) is 2.84. The van der Waals surface area contributed by atoms with Gasteiger partial charge in [0, 0.05) is 5.56 Å². The van der Waals surface area contributed by atoms with Crippen molar-refractivity contribution in [2.45, 2.75) is 19.8 Å². The molecule has 0 aliphatic rings. The van der Waals surface area contributed by atoms with Crippen LogP contribution in [-0.4, -0.2) is 10.2 Å². The van der Waals surface area contributed by atoms with E-state index in [0.717, 1.165) is 5.56 Å². The first-order valence-corrected chi connectivity index (χ1v) is 3.21. The quantitative estimate of drug-likeness (QED) is 0.640.